The summed E-state index contributed by atoms with van der Waals surface area (Å²) in [6.07, 6.45) is 1.58. The molecule has 2 aromatic rings. The van der Waals surface area contributed by atoms with Crippen LogP contribution in [0.1, 0.15) is 18.2 Å². The van der Waals surface area contributed by atoms with Crippen LogP contribution in [0.25, 0.3) is 0 Å². The highest BCUT2D eigenvalue weighted by Crippen LogP contribution is 2.00. The minimum absolute atomic E-state index is 0.144. The molecular formula is C15H18N2O3. The second-order valence-corrected chi connectivity index (χ2v) is 4.41. The largest absolute Gasteiger partial charge is 0.467 e. The van der Waals surface area contributed by atoms with Crippen LogP contribution in [-0.2, 0) is 22.8 Å². The number of furan rings is 1. The van der Waals surface area contributed by atoms with Crippen LogP contribution in [0.15, 0.2) is 53.1 Å². The first-order valence-electron chi connectivity index (χ1n) is 6.47. The third kappa shape index (κ3) is 4.53. The van der Waals surface area contributed by atoms with Crippen LogP contribution in [-0.4, -0.2) is 11.9 Å². The standard InChI is InChI=1S/C15H18N2O3/c1-12(15(18)16-10-14-8-5-9-19-14)17-20-11-13-6-3-2-4-7-13/h2-9,12,17H,10-11H2,1H3,(H,16,18). The summed E-state index contributed by atoms with van der Waals surface area (Å²) in [6.45, 7) is 2.52. The molecule has 20 heavy (non-hydrogen) atoms. The molecule has 106 valence electrons. The minimum Gasteiger partial charge on any atom is -0.467 e. The van der Waals surface area contributed by atoms with E-state index in [9.17, 15) is 4.79 Å². The molecule has 0 aliphatic carbocycles. The number of nitrogens with one attached hydrogen (secondary N) is 2. The van der Waals surface area contributed by atoms with Gasteiger partial charge in [0.15, 0.2) is 0 Å². The van der Waals surface area contributed by atoms with Crippen LogP contribution in [0, 0.1) is 0 Å². The Bertz CT molecular complexity index is 511. The molecule has 0 aliphatic rings. The molecule has 0 radical (unpaired) electrons. The summed E-state index contributed by atoms with van der Waals surface area (Å²) in [5, 5.41) is 2.76. The molecule has 2 N–H and O–H groups in total. The molecule has 0 saturated carbocycles. The Kier molecular flexibility index (Phi) is 5.34. The van der Waals surface area contributed by atoms with E-state index in [0.717, 1.165) is 11.3 Å². The predicted molar refractivity (Wildman–Crippen MR) is 74.4 cm³/mol. The van der Waals surface area contributed by atoms with Crippen LogP contribution in [0.5, 0.6) is 0 Å². The van der Waals surface area contributed by atoms with Crippen molar-refractivity contribution >= 4 is 5.91 Å². The molecule has 5 heteroatoms. The van der Waals surface area contributed by atoms with Crippen molar-refractivity contribution in [2.45, 2.75) is 26.1 Å². The van der Waals surface area contributed by atoms with Crippen LogP contribution >= 0.6 is 0 Å². The fourth-order valence-corrected chi connectivity index (χ4v) is 1.62. The second-order valence-electron chi connectivity index (χ2n) is 4.41. The summed E-state index contributed by atoms with van der Waals surface area (Å²) in [4.78, 5) is 17.1. The molecule has 1 unspecified atom stereocenters. The lowest BCUT2D eigenvalue weighted by Crippen LogP contribution is -2.41. The molecule has 0 aliphatic heterocycles. The number of rotatable bonds is 7. The minimum atomic E-state index is -0.436. The molecule has 0 fully saturated rings. The molecule has 0 spiro atoms. The van der Waals surface area contributed by atoms with Gasteiger partial charge in [0, 0.05) is 0 Å². The smallest absolute Gasteiger partial charge is 0.239 e. The van der Waals surface area contributed by atoms with Gasteiger partial charge < -0.3 is 9.73 Å². The molecular weight excluding hydrogens is 256 g/mol. The van der Waals surface area contributed by atoms with Gasteiger partial charge in [0.1, 0.15) is 11.8 Å². The third-order valence-electron chi connectivity index (χ3n) is 2.75. The van der Waals surface area contributed by atoms with Crippen molar-refractivity contribution in [1.29, 1.82) is 0 Å². The zero-order valence-electron chi connectivity index (χ0n) is 11.3. The lowest BCUT2D eigenvalue weighted by atomic mass is 10.2. The van der Waals surface area contributed by atoms with Crippen molar-refractivity contribution < 1.29 is 14.0 Å². The first-order valence-corrected chi connectivity index (χ1v) is 6.47. The summed E-state index contributed by atoms with van der Waals surface area (Å²) in [6, 6.07) is 12.9. The molecule has 0 saturated heterocycles. The number of hydrogen-bond acceptors (Lipinski definition) is 4. The molecule has 0 bridgehead atoms. The quantitative estimate of drug-likeness (QED) is 0.758. The van der Waals surface area contributed by atoms with Gasteiger partial charge in [0.05, 0.1) is 19.4 Å². The summed E-state index contributed by atoms with van der Waals surface area (Å²) < 4.78 is 5.14. The number of carbonyl (C=O) groups is 1. The van der Waals surface area contributed by atoms with E-state index < -0.39 is 6.04 Å². The van der Waals surface area contributed by atoms with Gasteiger partial charge in [-0.3, -0.25) is 9.63 Å². The van der Waals surface area contributed by atoms with Crippen molar-refractivity contribution in [3.63, 3.8) is 0 Å². The van der Waals surface area contributed by atoms with E-state index in [4.69, 9.17) is 9.25 Å². The van der Waals surface area contributed by atoms with E-state index in [0.29, 0.717) is 13.2 Å². The Labute approximate surface area is 117 Å². The van der Waals surface area contributed by atoms with Crippen LogP contribution in [0.2, 0.25) is 0 Å². The maximum absolute atomic E-state index is 11.8. The number of hydrogen-bond donors (Lipinski definition) is 2. The molecule has 1 aromatic heterocycles. The molecule has 1 atom stereocenters. The Morgan fingerprint density at radius 3 is 2.75 bits per heavy atom. The molecule has 5 nitrogen and oxygen atoms in total. The van der Waals surface area contributed by atoms with Gasteiger partial charge in [-0.2, -0.15) is 5.48 Å². The van der Waals surface area contributed by atoms with Crippen LogP contribution < -0.4 is 10.8 Å². The van der Waals surface area contributed by atoms with Crippen LogP contribution in [0.4, 0.5) is 0 Å². The number of benzene rings is 1. The van der Waals surface area contributed by atoms with E-state index in [1.165, 1.54) is 0 Å². The SMILES string of the molecule is CC(NOCc1ccccc1)C(=O)NCc1ccco1. The van der Waals surface area contributed by atoms with Crippen molar-refractivity contribution in [3.8, 4) is 0 Å². The third-order valence-corrected chi connectivity index (χ3v) is 2.75. The predicted octanol–water partition coefficient (Wildman–Crippen LogP) is 2.01. The lowest BCUT2D eigenvalue weighted by molar-refractivity contribution is -0.127. The fourth-order valence-electron chi connectivity index (χ4n) is 1.62. The molecule has 2 rings (SSSR count). The second kappa shape index (κ2) is 7.47. The van der Waals surface area contributed by atoms with Crippen molar-refractivity contribution in [2.75, 3.05) is 0 Å². The van der Waals surface area contributed by atoms with E-state index >= 15 is 0 Å². The lowest BCUT2D eigenvalue weighted by Gasteiger charge is -2.13. The van der Waals surface area contributed by atoms with E-state index in [-0.39, 0.29) is 5.91 Å². The zero-order chi connectivity index (χ0) is 14.2. The monoisotopic (exact) mass is 274 g/mol. The van der Waals surface area contributed by atoms with Gasteiger partial charge in [-0.1, -0.05) is 30.3 Å². The maximum Gasteiger partial charge on any atom is 0.239 e. The molecule has 1 amide bonds. The van der Waals surface area contributed by atoms with Gasteiger partial charge >= 0.3 is 0 Å². The highest BCUT2D eigenvalue weighted by Gasteiger charge is 2.12. The van der Waals surface area contributed by atoms with E-state index in [2.05, 4.69) is 10.8 Å². The summed E-state index contributed by atoms with van der Waals surface area (Å²) >= 11 is 0. The Balaban J connectivity index is 1.66. The van der Waals surface area contributed by atoms with Gasteiger partial charge in [0.25, 0.3) is 0 Å². The van der Waals surface area contributed by atoms with Gasteiger partial charge in [-0.05, 0) is 24.6 Å². The van der Waals surface area contributed by atoms with E-state index in [1.807, 2.05) is 36.4 Å². The van der Waals surface area contributed by atoms with Crippen molar-refractivity contribution in [3.05, 3.63) is 60.1 Å². The average molecular weight is 274 g/mol. The summed E-state index contributed by atoms with van der Waals surface area (Å²) in [5.41, 5.74) is 3.76. The highest BCUT2D eigenvalue weighted by atomic mass is 16.6. The van der Waals surface area contributed by atoms with Crippen molar-refractivity contribution in [2.24, 2.45) is 0 Å². The highest BCUT2D eigenvalue weighted by molar-refractivity contribution is 5.80. The topological polar surface area (TPSA) is 63.5 Å². The number of carbonyl (C=O) groups excluding carboxylic acids is 1. The Morgan fingerprint density at radius 2 is 2.05 bits per heavy atom. The first kappa shape index (κ1) is 14.3. The first-order chi connectivity index (χ1) is 9.75. The number of amides is 1. The Hall–Kier alpha value is -2.11. The van der Waals surface area contributed by atoms with E-state index in [1.54, 1.807) is 19.3 Å². The van der Waals surface area contributed by atoms with Crippen molar-refractivity contribution in [1.82, 2.24) is 10.8 Å². The fraction of sp³-hybridized carbons (Fsp3) is 0.267. The number of hydroxylamine groups is 1. The Morgan fingerprint density at radius 1 is 1.25 bits per heavy atom. The molecule has 1 aromatic carbocycles. The summed E-state index contributed by atoms with van der Waals surface area (Å²) in [7, 11) is 0. The average Bonchev–Trinajstić information content (AvgIpc) is 2.99. The zero-order valence-corrected chi connectivity index (χ0v) is 11.3. The normalized spacial score (nSPS) is 12.1. The maximum atomic E-state index is 11.8. The van der Waals surface area contributed by atoms with Gasteiger partial charge in [-0.25, -0.2) is 0 Å². The summed E-state index contributed by atoms with van der Waals surface area (Å²) in [5.74, 6) is 0.574. The van der Waals surface area contributed by atoms with Crippen LogP contribution in [0.3, 0.4) is 0 Å². The van der Waals surface area contributed by atoms with Gasteiger partial charge in [0.2, 0.25) is 5.91 Å². The van der Waals surface area contributed by atoms with Gasteiger partial charge in [-0.15, -0.1) is 0 Å². The molecule has 1 heterocycles.